The number of carbonyl (C=O) groups is 1. The number of nitro benzene ring substituents is 1. The van der Waals surface area contributed by atoms with Crippen LogP contribution in [0.3, 0.4) is 0 Å². The molecule has 0 N–H and O–H groups in total. The largest absolute Gasteiger partial charge is 0.341 e. The van der Waals surface area contributed by atoms with Gasteiger partial charge in [0.2, 0.25) is 0 Å². The van der Waals surface area contributed by atoms with Gasteiger partial charge in [-0.2, -0.15) is 0 Å². The van der Waals surface area contributed by atoms with E-state index in [0.29, 0.717) is 23.0 Å². The molecule has 28 heavy (non-hydrogen) atoms. The molecule has 0 radical (unpaired) electrons. The fourth-order valence-electron chi connectivity index (χ4n) is 2.49. The van der Waals surface area contributed by atoms with Crippen LogP contribution in [-0.4, -0.2) is 49.1 Å². The Labute approximate surface area is 165 Å². The zero-order valence-corrected chi connectivity index (χ0v) is 16.2. The molecule has 3 aromatic rings. The van der Waals surface area contributed by atoms with Gasteiger partial charge >= 0.3 is 0 Å². The molecule has 0 aliphatic carbocycles. The third-order valence-electron chi connectivity index (χ3n) is 4.05. The minimum Gasteiger partial charge on any atom is -0.341 e. The number of likely N-dealkylation sites (N-methyl/N-ethyl adjacent to an activating group) is 1. The van der Waals surface area contributed by atoms with Gasteiger partial charge in [-0.15, -0.1) is 10.2 Å². The maximum Gasteiger partial charge on any atom is 0.284 e. The summed E-state index contributed by atoms with van der Waals surface area (Å²) in [6.07, 6.45) is 3.82. The van der Waals surface area contributed by atoms with Crippen molar-refractivity contribution >= 4 is 23.4 Å². The molecule has 1 amide bonds. The molecule has 0 unspecified atom stereocenters. The number of carbonyl (C=O) groups excluding carboxylic acids is 1. The summed E-state index contributed by atoms with van der Waals surface area (Å²) in [6, 6.07) is 10.1. The zero-order valence-electron chi connectivity index (χ0n) is 15.3. The van der Waals surface area contributed by atoms with E-state index in [2.05, 4.69) is 15.2 Å². The SMILES string of the molecule is CN(CCc1ccccn1)C(=O)c1ccc(Sc2nncn2C)c([N+](=O)[O-])c1. The summed E-state index contributed by atoms with van der Waals surface area (Å²) in [7, 11) is 3.42. The zero-order chi connectivity index (χ0) is 20.1. The van der Waals surface area contributed by atoms with Crippen molar-refractivity contribution in [3.05, 3.63) is 70.3 Å². The molecule has 0 bridgehead atoms. The Morgan fingerprint density at radius 2 is 2.14 bits per heavy atom. The number of hydrogen-bond acceptors (Lipinski definition) is 7. The number of rotatable bonds is 7. The summed E-state index contributed by atoms with van der Waals surface area (Å²) in [5, 5.41) is 19.7. The van der Waals surface area contributed by atoms with E-state index in [9.17, 15) is 14.9 Å². The molecule has 0 atom stereocenters. The normalized spacial score (nSPS) is 10.6. The summed E-state index contributed by atoms with van der Waals surface area (Å²) < 4.78 is 1.67. The first-order valence-corrected chi connectivity index (χ1v) is 9.23. The van der Waals surface area contributed by atoms with Crippen molar-refractivity contribution in [2.75, 3.05) is 13.6 Å². The van der Waals surface area contributed by atoms with E-state index in [4.69, 9.17) is 0 Å². The van der Waals surface area contributed by atoms with Gasteiger partial charge in [0.15, 0.2) is 5.16 Å². The monoisotopic (exact) mass is 398 g/mol. The van der Waals surface area contributed by atoms with Crippen LogP contribution in [0.1, 0.15) is 16.1 Å². The minimum atomic E-state index is -0.497. The summed E-state index contributed by atoms with van der Waals surface area (Å²) in [5.41, 5.74) is 0.998. The first-order chi connectivity index (χ1) is 13.5. The van der Waals surface area contributed by atoms with E-state index in [1.54, 1.807) is 37.0 Å². The van der Waals surface area contributed by atoms with E-state index in [1.165, 1.54) is 17.3 Å². The predicted octanol–water partition coefficient (Wildman–Crippen LogP) is 2.58. The highest BCUT2D eigenvalue weighted by Crippen LogP contribution is 2.34. The smallest absolute Gasteiger partial charge is 0.284 e. The molecule has 0 aliphatic heterocycles. The fraction of sp³-hybridized carbons (Fsp3) is 0.222. The quantitative estimate of drug-likeness (QED) is 0.445. The number of nitrogens with zero attached hydrogens (tertiary/aromatic N) is 6. The van der Waals surface area contributed by atoms with Crippen LogP contribution in [0.15, 0.2) is 59.0 Å². The van der Waals surface area contributed by atoms with Crippen LogP contribution in [0.4, 0.5) is 5.69 Å². The summed E-state index contributed by atoms with van der Waals surface area (Å²) in [4.78, 5) is 29.8. The van der Waals surface area contributed by atoms with Gasteiger partial charge in [-0.25, -0.2) is 0 Å². The number of nitro groups is 1. The van der Waals surface area contributed by atoms with Crippen LogP contribution in [0.5, 0.6) is 0 Å². The number of amides is 1. The van der Waals surface area contributed by atoms with Crippen LogP contribution in [-0.2, 0) is 13.5 Å². The third-order valence-corrected chi connectivity index (χ3v) is 5.17. The molecule has 1 aromatic carbocycles. The second-order valence-electron chi connectivity index (χ2n) is 6.06. The molecule has 0 aliphatic rings. The Bertz CT molecular complexity index is 992. The first kappa shape index (κ1) is 19.5. The second kappa shape index (κ2) is 8.61. The third kappa shape index (κ3) is 4.52. The van der Waals surface area contributed by atoms with Gasteiger partial charge in [0.05, 0.1) is 9.82 Å². The van der Waals surface area contributed by atoms with Crippen molar-refractivity contribution in [3.8, 4) is 0 Å². The number of benzene rings is 1. The van der Waals surface area contributed by atoms with E-state index in [0.717, 1.165) is 17.5 Å². The molecule has 10 heteroatoms. The molecule has 3 rings (SSSR count). The Hall–Kier alpha value is -3.27. The van der Waals surface area contributed by atoms with Gasteiger partial charge in [-0.1, -0.05) is 6.07 Å². The lowest BCUT2D eigenvalue weighted by Gasteiger charge is -2.17. The summed E-state index contributed by atoms with van der Waals surface area (Å²) in [5.74, 6) is -0.283. The molecule has 0 spiro atoms. The van der Waals surface area contributed by atoms with Crippen LogP contribution in [0.25, 0.3) is 0 Å². The van der Waals surface area contributed by atoms with Crippen molar-refractivity contribution in [1.82, 2.24) is 24.6 Å². The molecule has 0 saturated heterocycles. The summed E-state index contributed by atoms with van der Waals surface area (Å²) >= 11 is 1.13. The van der Waals surface area contributed by atoms with Crippen molar-refractivity contribution in [1.29, 1.82) is 0 Å². The molecular formula is C18H18N6O3S. The summed E-state index contributed by atoms with van der Waals surface area (Å²) in [6.45, 7) is 0.457. The highest BCUT2D eigenvalue weighted by molar-refractivity contribution is 7.99. The molecule has 9 nitrogen and oxygen atoms in total. The van der Waals surface area contributed by atoms with Gasteiger partial charge in [0.1, 0.15) is 6.33 Å². The lowest BCUT2D eigenvalue weighted by Crippen LogP contribution is -2.29. The highest BCUT2D eigenvalue weighted by atomic mass is 32.2. The topological polar surface area (TPSA) is 107 Å². The van der Waals surface area contributed by atoms with Crippen LogP contribution in [0.2, 0.25) is 0 Å². The minimum absolute atomic E-state index is 0.142. The van der Waals surface area contributed by atoms with Gasteiger partial charge in [0, 0.05) is 50.6 Å². The molecule has 2 aromatic heterocycles. The van der Waals surface area contributed by atoms with Crippen molar-refractivity contribution in [2.45, 2.75) is 16.5 Å². The average Bonchev–Trinajstić information content (AvgIpc) is 3.11. The molecule has 144 valence electrons. The van der Waals surface area contributed by atoms with E-state index in [-0.39, 0.29) is 17.2 Å². The second-order valence-corrected chi connectivity index (χ2v) is 7.07. The number of pyridine rings is 1. The van der Waals surface area contributed by atoms with E-state index < -0.39 is 4.92 Å². The van der Waals surface area contributed by atoms with Crippen LogP contribution >= 0.6 is 11.8 Å². The Morgan fingerprint density at radius 3 is 2.79 bits per heavy atom. The van der Waals surface area contributed by atoms with Gasteiger partial charge in [-0.3, -0.25) is 19.9 Å². The maximum atomic E-state index is 12.7. The highest BCUT2D eigenvalue weighted by Gasteiger charge is 2.21. The number of hydrogen-bond donors (Lipinski definition) is 0. The van der Waals surface area contributed by atoms with Gasteiger partial charge in [0.25, 0.3) is 11.6 Å². The lowest BCUT2D eigenvalue weighted by atomic mass is 10.1. The van der Waals surface area contributed by atoms with Gasteiger partial charge in [-0.05, 0) is 36.0 Å². The van der Waals surface area contributed by atoms with Crippen LogP contribution in [0, 0.1) is 10.1 Å². The Morgan fingerprint density at radius 1 is 1.32 bits per heavy atom. The van der Waals surface area contributed by atoms with Crippen LogP contribution < -0.4 is 0 Å². The van der Waals surface area contributed by atoms with E-state index >= 15 is 0 Å². The molecule has 2 heterocycles. The van der Waals surface area contributed by atoms with Crippen molar-refractivity contribution < 1.29 is 9.72 Å². The van der Waals surface area contributed by atoms with Crippen molar-refractivity contribution in [3.63, 3.8) is 0 Å². The van der Waals surface area contributed by atoms with Gasteiger partial charge < -0.3 is 9.47 Å². The lowest BCUT2D eigenvalue weighted by molar-refractivity contribution is -0.387. The first-order valence-electron chi connectivity index (χ1n) is 8.41. The molecular weight excluding hydrogens is 380 g/mol. The fourth-order valence-corrected chi connectivity index (χ4v) is 3.34. The molecule has 0 fully saturated rings. The molecule has 0 saturated carbocycles. The Kier molecular flexibility index (Phi) is 5.99. The maximum absolute atomic E-state index is 12.7. The average molecular weight is 398 g/mol. The number of aromatic nitrogens is 4. The standard InChI is InChI=1S/C18H18N6O3S/c1-22(10-8-14-5-3-4-9-19-14)17(25)13-6-7-16(15(11-13)24(26)27)28-18-21-20-12-23(18)2/h3-7,9,11-12H,8,10H2,1-2H3. The van der Waals surface area contributed by atoms with Crippen molar-refractivity contribution in [2.24, 2.45) is 7.05 Å². The number of aryl methyl sites for hydroxylation is 1. The predicted molar refractivity (Wildman–Crippen MR) is 103 cm³/mol. The van der Waals surface area contributed by atoms with E-state index in [1.807, 2.05) is 18.2 Å². The Balaban J connectivity index is 1.76.